The van der Waals surface area contributed by atoms with E-state index in [0.717, 1.165) is 12.2 Å². The molecule has 2 rings (SSSR count). The standard InChI is InChI=1S/C13H19N3O3S/c1-13(2,20-8-10-14-5-6-15-10)12(19)16-7-3-4-9(16)11(17)18/h5-6,9H,3-4,7-8H2,1-2H3,(H,14,15)(H,17,18)/t9-/m0/s1. The summed E-state index contributed by atoms with van der Waals surface area (Å²) in [4.78, 5) is 32.3. The zero-order valence-corrected chi connectivity index (χ0v) is 12.4. The van der Waals surface area contributed by atoms with Crippen LogP contribution < -0.4 is 0 Å². The Balaban J connectivity index is 2.00. The second-order valence-corrected chi connectivity index (χ2v) is 6.93. The molecular weight excluding hydrogens is 278 g/mol. The van der Waals surface area contributed by atoms with Crippen molar-refractivity contribution >= 4 is 23.6 Å². The summed E-state index contributed by atoms with van der Waals surface area (Å²) in [7, 11) is 0. The van der Waals surface area contributed by atoms with E-state index in [1.54, 1.807) is 12.4 Å². The van der Waals surface area contributed by atoms with Crippen molar-refractivity contribution in [2.24, 2.45) is 0 Å². The number of hydrogen-bond donors (Lipinski definition) is 2. The van der Waals surface area contributed by atoms with Crippen LogP contribution in [-0.2, 0) is 15.3 Å². The van der Waals surface area contributed by atoms with Crippen molar-refractivity contribution in [3.63, 3.8) is 0 Å². The molecule has 1 saturated heterocycles. The fourth-order valence-corrected chi connectivity index (χ4v) is 3.20. The summed E-state index contributed by atoms with van der Waals surface area (Å²) >= 11 is 1.47. The van der Waals surface area contributed by atoms with Gasteiger partial charge in [0.15, 0.2) is 0 Å². The van der Waals surface area contributed by atoms with Gasteiger partial charge in [-0.25, -0.2) is 9.78 Å². The fraction of sp³-hybridized carbons (Fsp3) is 0.615. The Morgan fingerprint density at radius 3 is 2.95 bits per heavy atom. The molecule has 6 nitrogen and oxygen atoms in total. The quantitative estimate of drug-likeness (QED) is 0.860. The second-order valence-electron chi connectivity index (χ2n) is 5.33. The van der Waals surface area contributed by atoms with E-state index in [1.807, 2.05) is 13.8 Å². The van der Waals surface area contributed by atoms with E-state index in [1.165, 1.54) is 16.7 Å². The molecule has 1 aromatic heterocycles. The number of carbonyl (C=O) groups is 2. The molecule has 1 atom stereocenters. The van der Waals surface area contributed by atoms with E-state index in [-0.39, 0.29) is 5.91 Å². The number of aromatic amines is 1. The molecule has 110 valence electrons. The summed E-state index contributed by atoms with van der Waals surface area (Å²) in [6.07, 6.45) is 4.71. The molecular formula is C13H19N3O3S. The summed E-state index contributed by atoms with van der Waals surface area (Å²) in [5.74, 6) is 0.380. The van der Waals surface area contributed by atoms with Crippen molar-refractivity contribution in [3.8, 4) is 0 Å². The molecule has 2 heterocycles. The van der Waals surface area contributed by atoms with Crippen molar-refractivity contribution in [2.45, 2.75) is 43.2 Å². The Morgan fingerprint density at radius 2 is 2.35 bits per heavy atom. The van der Waals surface area contributed by atoms with Crippen molar-refractivity contribution in [1.29, 1.82) is 0 Å². The van der Waals surface area contributed by atoms with E-state index >= 15 is 0 Å². The van der Waals surface area contributed by atoms with Crippen LogP contribution in [0.2, 0.25) is 0 Å². The van der Waals surface area contributed by atoms with Gasteiger partial charge >= 0.3 is 5.97 Å². The summed E-state index contributed by atoms with van der Waals surface area (Å²) in [5, 5.41) is 9.16. The fourth-order valence-electron chi connectivity index (χ4n) is 2.30. The van der Waals surface area contributed by atoms with Crippen LogP contribution in [0.4, 0.5) is 0 Å². The molecule has 1 aromatic rings. The minimum Gasteiger partial charge on any atom is -0.480 e. The first-order valence-corrected chi connectivity index (χ1v) is 7.56. The summed E-state index contributed by atoms with van der Waals surface area (Å²) < 4.78 is -0.662. The Hall–Kier alpha value is -1.50. The minimum atomic E-state index is -0.914. The van der Waals surface area contributed by atoms with Gasteiger partial charge in [0.05, 0.1) is 10.5 Å². The van der Waals surface area contributed by atoms with Crippen LogP contribution in [0, 0.1) is 0 Å². The van der Waals surface area contributed by atoms with Crippen molar-refractivity contribution < 1.29 is 14.7 Å². The van der Waals surface area contributed by atoms with Gasteiger partial charge in [-0.1, -0.05) is 0 Å². The first kappa shape index (κ1) is 14.9. The maximum atomic E-state index is 12.6. The predicted octanol–water partition coefficient (Wildman–Crippen LogP) is 1.50. The van der Waals surface area contributed by atoms with Crippen LogP contribution in [-0.4, -0.2) is 49.2 Å². The number of carbonyl (C=O) groups excluding carboxylic acids is 1. The maximum Gasteiger partial charge on any atom is 0.326 e. The van der Waals surface area contributed by atoms with Crippen LogP contribution in [0.5, 0.6) is 0 Å². The SMILES string of the molecule is CC(C)(SCc1ncc[nH]1)C(=O)N1CCC[C@H]1C(=O)O. The lowest BCUT2D eigenvalue weighted by Crippen LogP contribution is -2.48. The Kier molecular flexibility index (Phi) is 4.37. The predicted molar refractivity (Wildman–Crippen MR) is 76.3 cm³/mol. The van der Waals surface area contributed by atoms with Crippen LogP contribution in [0.1, 0.15) is 32.5 Å². The molecule has 0 aliphatic carbocycles. The third-order valence-electron chi connectivity index (χ3n) is 3.44. The lowest BCUT2D eigenvalue weighted by molar-refractivity contribution is -0.148. The van der Waals surface area contributed by atoms with Crippen LogP contribution >= 0.6 is 11.8 Å². The van der Waals surface area contributed by atoms with Crippen molar-refractivity contribution in [3.05, 3.63) is 18.2 Å². The van der Waals surface area contributed by atoms with E-state index in [9.17, 15) is 9.59 Å². The molecule has 0 spiro atoms. The first-order chi connectivity index (χ1) is 9.42. The number of nitrogens with one attached hydrogen (secondary N) is 1. The van der Waals surface area contributed by atoms with Gasteiger partial charge in [-0.2, -0.15) is 0 Å². The monoisotopic (exact) mass is 297 g/mol. The molecule has 0 radical (unpaired) electrons. The number of carboxylic acids is 1. The maximum absolute atomic E-state index is 12.6. The molecule has 0 saturated carbocycles. The van der Waals surface area contributed by atoms with Crippen LogP contribution in [0.3, 0.4) is 0 Å². The van der Waals surface area contributed by atoms with Gasteiger partial charge in [0.1, 0.15) is 11.9 Å². The average Bonchev–Trinajstić information content (AvgIpc) is 3.06. The van der Waals surface area contributed by atoms with Gasteiger partial charge in [0.25, 0.3) is 0 Å². The topological polar surface area (TPSA) is 86.3 Å². The summed E-state index contributed by atoms with van der Waals surface area (Å²) in [5.41, 5.74) is 0. The first-order valence-electron chi connectivity index (χ1n) is 6.58. The molecule has 1 aliphatic heterocycles. The van der Waals surface area contributed by atoms with E-state index in [2.05, 4.69) is 9.97 Å². The Morgan fingerprint density at radius 1 is 1.60 bits per heavy atom. The number of imidazole rings is 1. The average molecular weight is 297 g/mol. The number of H-pyrrole nitrogens is 1. The zero-order chi connectivity index (χ0) is 14.8. The zero-order valence-electron chi connectivity index (χ0n) is 11.6. The number of rotatable bonds is 5. The molecule has 20 heavy (non-hydrogen) atoms. The lowest BCUT2D eigenvalue weighted by atomic mass is 10.1. The molecule has 0 aromatic carbocycles. The van der Waals surface area contributed by atoms with Crippen LogP contribution in [0.25, 0.3) is 0 Å². The Bertz CT molecular complexity index is 487. The number of thioether (sulfide) groups is 1. The van der Waals surface area contributed by atoms with Gasteiger partial charge < -0.3 is 15.0 Å². The molecule has 1 amide bonds. The van der Waals surface area contributed by atoms with Gasteiger partial charge in [-0.15, -0.1) is 11.8 Å². The highest BCUT2D eigenvalue weighted by Crippen LogP contribution is 2.32. The second kappa shape index (κ2) is 5.87. The third-order valence-corrected chi connectivity index (χ3v) is 4.75. The number of likely N-dealkylation sites (tertiary alicyclic amines) is 1. The van der Waals surface area contributed by atoms with E-state index in [0.29, 0.717) is 18.7 Å². The lowest BCUT2D eigenvalue weighted by Gasteiger charge is -2.31. The number of aliphatic carboxylic acids is 1. The van der Waals surface area contributed by atoms with E-state index < -0.39 is 16.8 Å². The van der Waals surface area contributed by atoms with Gasteiger partial charge in [0.2, 0.25) is 5.91 Å². The Labute approximate surface area is 122 Å². The van der Waals surface area contributed by atoms with Gasteiger partial charge in [-0.05, 0) is 26.7 Å². The minimum absolute atomic E-state index is 0.112. The van der Waals surface area contributed by atoms with Gasteiger partial charge in [-0.3, -0.25) is 4.79 Å². The van der Waals surface area contributed by atoms with Crippen LogP contribution in [0.15, 0.2) is 12.4 Å². The smallest absolute Gasteiger partial charge is 0.326 e. The third kappa shape index (κ3) is 3.15. The van der Waals surface area contributed by atoms with Crippen molar-refractivity contribution in [2.75, 3.05) is 6.54 Å². The largest absolute Gasteiger partial charge is 0.480 e. The van der Waals surface area contributed by atoms with Crippen molar-refractivity contribution in [1.82, 2.24) is 14.9 Å². The number of aromatic nitrogens is 2. The highest BCUT2D eigenvalue weighted by molar-refractivity contribution is 8.00. The summed E-state index contributed by atoms with van der Waals surface area (Å²) in [6.45, 7) is 4.20. The number of carboxylic acid groups (broad SMARTS) is 1. The molecule has 1 aliphatic rings. The number of nitrogens with zero attached hydrogens (tertiary/aromatic N) is 2. The normalized spacial score (nSPS) is 19.3. The summed E-state index contributed by atoms with van der Waals surface area (Å²) in [6, 6.07) is -0.675. The number of amides is 1. The molecule has 7 heteroatoms. The van der Waals surface area contributed by atoms with Gasteiger partial charge in [0, 0.05) is 18.9 Å². The molecule has 0 unspecified atom stereocenters. The molecule has 0 bridgehead atoms. The highest BCUT2D eigenvalue weighted by Gasteiger charge is 2.40. The van der Waals surface area contributed by atoms with E-state index in [4.69, 9.17) is 5.11 Å². The molecule has 2 N–H and O–H groups in total. The number of hydrogen-bond acceptors (Lipinski definition) is 4. The molecule has 1 fully saturated rings. The highest BCUT2D eigenvalue weighted by atomic mass is 32.2.